The van der Waals surface area contributed by atoms with Gasteiger partial charge in [-0.25, -0.2) is 0 Å². The summed E-state index contributed by atoms with van der Waals surface area (Å²) in [5, 5.41) is 0. The summed E-state index contributed by atoms with van der Waals surface area (Å²) >= 11 is 0. The van der Waals surface area contributed by atoms with Gasteiger partial charge in [-0.2, -0.15) is 0 Å². The molecule has 0 amide bonds. The Morgan fingerprint density at radius 3 is 2.14 bits per heavy atom. The molecule has 0 spiro atoms. The average molecular weight is 520 g/mol. The van der Waals surface area contributed by atoms with Crippen molar-refractivity contribution >= 4 is 0 Å². The van der Waals surface area contributed by atoms with Crippen LogP contribution in [0.15, 0.2) is 72.3 Å². The molecule has 2 aromatic rings. The van der Waals surface area contributed by atoms with Crippen LogP contribution in [0.5, 0.6) is 0 Å². The van der Waals surface area contributed by atoms with Crippen LogP contribution in [0.4, 0.5) is 0 Å². The van der Waals surface area contributed by atoms with Gasteiger partial charge in [-0.15, -0.1) is 35.4 Å². The number of allylic oxidation sites excluding steroid dienone is 4. The number of benzene rings is 2. The van der Waals surface area contributed by atoms with Crippen LogP contribution in [-0.4, -0.2) is 0 Å². The molecule has 1 aliphatic carbocycles. The van der Waals surface area contributed by atoms with Crippen LogP contribution in [0.25, 0.3) is 11.1 Å². The topological polar surface area (TPSA) is 0 Å². The van der Waals surface area contributed by atoms with E-state index in [1.165, 1.54) is 29.5 Å². The van der Waals surface area contributed by atoms with Crippen LogP contribution in [0.1, 0.15) is 25.3 Å². The summed E-state index contributed by atoms with van der Waals surface area (Å²) in [5.41, 5.74) is 5.04. The maximum atomic E-state index is 3.25. The maximum Gasteiger partial charge on any atom is 0 e. The molecule has 0 atom stereocenters. The molecule has 0 fully saturated rings. The second-order valence-corrected chi connectivity index (χ2v) is 5.07. The van der Waals surface area contributed by atoms with Gasteiger partial charge in [0.1, 0.15) is 0 Å². The Balaban J connectivity index is 0.000000236. The molecule has 0 radical (unpaired) electrons. The van der Waals surface area contributed by atoms with Crippen LogP contribution >= 0.6 is 0 Å². The van der Waals surface area contributed by atoms with Gasteiger partial charge in [0.05, 0.1) is 0 Å². The Bertz CT molecular complexity index is 577. The van der Waals surface area contributed by atoms with Gasteiger partial charge < -0.3 is 0 Å². The zero-order valence-corrected chi connectivity index (χ0v) is 14.8. The molecule has 0 unspecified atom stereocenters. The summed E-state index contributed by atoms with van der Waals surface area (Å²) in [7, 11) is 0. The van der Waals surface area contributed by atoms with E-state index in [-0.39, 0.29) is 0 Å². The summed E-state index contributed by atoms with van der Waals surface area (Å²) in [6.45, 7) is 4.21. The Hall–Kier alpha value is -3.08. The van der Waals surface area contributed by atoms with E-state index in [0.717, 1.165) is 5.56 Å². The third-order valence-electron chi connectivity index (χ3n) is 3.23. The largest absolute Gasteiger partial charge is 0.144 e. The molecule has 1 aliphatic rings. The summed E-state index contributed by atoms with van der Waals surface area (Å²) in [4.78, 5) is 0. The quantitative estimate of drug-likeness (QED) is 0.421. The molecule has 3 rings (SSSR count). The Kier molecular flexibility index (Phi) is 6.21. The summed E-state index contributed by atoms with van der Waals surface area (Å²) in [5.74, 6) is 0. The van der Waals surface area contributed by atoms with Crippen molar-refractivity contribution in [3.8, 4) is 11.1 Å². The van der Waals surface area contributed by atoms with Gasteiger partial charge in [0.25, 0.3) is 0 Å². The van der Waals surface area contributed by atoms with Crippen molar-refractivity contribution in [3.05, 3.63) is 84.0 Å². The smallest absolute Gasteiger partial charge is 0 e. The minimum atomic E-state index is 0. The Labute approximate surface area is 122 Å². The van der Waals surface area contributed by atoms with Gasteiger partial charge in [0.15, 0.2) is 0 Å². The van der Waals surface area contributed by atoms with Crippen LogP contribution in [0.2, 0.25) is 0 Å². The van der Waals surface area contributed by atoms with Crippen molar-refractivity contribution < 1.29 is 0 Å². The predicted octanol–water partition coefficient (Wildman–Crippen LogP) is 5.74. The Morgan fingerprint density at radius 2 is 1.67 bits per heavy atom. The fourth-order valence-electron chi connectivity index (χ4n) is 2.04. The molecule has 0 aliphatic heterocycles. The maximum absolute atomic E-state index is 3.25. The molecule has 2 aromatic carbocycles. The van der Waals surface area contributed by atoms with Gasteiger partial charge >= 0.3 is 0 Å². The van der Waals surface area contributed by atoms with Gasteiger partial charge in [-0.05, 0) is 19.8 Å². The van der Waals surface area contributed by atoms with Crippen molar-refractivity contribution in [1.29, 1.82) is 0 Å². The van der Waals surface area contributed by atoms with Gasteiger partial charge in [-0.3, -0.25) is 0 Å². The molecule has 0 saturated carbocycles. The first-order chi connectivity index (χ1) is 9.75. The van der Waals surface area contributed by atoms with E-state index in [1.54, 1.807) is 0 Å². The Morgan fingerprint density at radius 1 is 0.905 bits per heavy atom. The van der Waals surface area contributed by atoms with Gasteiger partial charge in [-0.1, -0.05) is 66.6 Å². The number of hydrogen-bond acceptors (Lipinski definition) is 0. The molecule has 0 N–H and O–H groups in total. The molecule has 1 heteroatoms. The van der Waals surface area contributed by atoms with Crippen LogP contribution in [-0.2, 0) is 0 Å². The van der Waals surface area contributed by atoms with E-state index in [2.05, 4.69) is 62.4 Å². The second kappa shape index (κ2) is 8.16. The standard InChI is InChI=1S/C13H11.C7H10.No/c1-11-7-9-13(10-8-11)12-5-3-2-4-6-12;1-7-5-3-2-4-6-7;/h2-9H,1H3;3,5-6H,2,4H2,1H3;/q-1;;. The minimum Gasteiger partial charge on any atom is -0.144 e. The minimum absolute atomic E-state index is 0. The van der Waals surface area contributed by atoms with Crippen molar-refractivity contribution in [2.75, 3.05) is 0 Å². The molecule has 0 aromatic heterocycles. The molecule has 0 saturated heterocycles. The van der Waals surface area contributed by atoms with Crippen molar-refractivity contribution in [1.82, 2.24) is 0 Å². The normalized spacial score (nSPS) is 12.6. The van der Waals surface area contributed by atoms with Crippen molar-refractivity contribution in [2.24, 2.45) is 0 Å². The zero-order valence-electron chi connectivity index (χ0n) is 12.5. The van der Waals surface area contributed by atoms with Crippen LogP contribution in [0.3, 0.4) is 0 Å². The number of aryl methyl sites for hydroxylation is 1. The van der Waals surface area contributed by atoms with Gasteiger partial charge in [0.2, 0.25) is 0 Å². The first kappa shape index (κ1) is 16.0. The zero-order chi connectivity index (χ0) is 14.2. The molecule has 21 heavy (non-hydrogen) atoms. The van der Waals surface area contributed by atoms with E-state index in [0.29, 0.717) is 0 Å². The molecule has 116 valence electrons. The second-order valence-electron chi connectivity index (χ2n) is 5.07. The van der Waals surface area contributed by atoms with E-state index in [4.69, 9.17) is 0 Å². The molecular weight excluding hydrogens is 499 g/mol. The summed E-state index contributed by atoms with van der Waals surface area (Å²) in [6.07, 6.45) is 9.12. The van der Waals surface area contributed by atoms with Crippen LogP contribution in [0, 0.1) is 13.0 Å². The number of rotatable bonds is 1. The van der Waals surface area contributed by atoms with Gasteiger partial charge in [0, 0.05) is 0 Å². The van der Waals surface area contributed by atoms with Crippen molar-refractivity contribution in [3.63, 3.8) is 0 Å². The first-order valence-electron chi connectivity index (χ1n) is 7.13. The number of hydrogen-bond donors (Lipinski definition) is 0. The van der Waals surface area contributed by atoms with E-state index in [1.807, 2.05) is 24.3 Å². The monoisotopic (exact) mass is 520 g/mol. The predicted molar refractivity (Wildman–Crippen MR) is 87.6 cm³/mol. The van der Waals surface area contributed by atoms with E-state index in [9.17, 15) is 0 Å². The average Bonchev–Trinajstić information content (AvgIpc) is 2.50. The van der Waals surface area contributed by atoms with Crippen molar-refractivity contribution in [2.45, 2.75) is 26.7 Å². The van der Waals surface area contributed by atoms with E-state index >= 15 is 0 Å². The molecular formula is C20H21No-. The van der Waals surface area contributed by atoms with Crippen LogP contribution < -0.4 is 0 Å². The third kappa shape index (κ3) is 5.20. The SMILES string of the molecule is CC1=CCCC=C1.Cc1c[c-]c(-c2ccccc2)cc1.[No]. The molecule has 0 nitrogen and oxygen atoms in total. The fraction of sp³-hybridized carbons (Fsp3) is 0.200. The third-order valence-corrected chi connectivity index (χ3v) is 3.23. The molecule has 0 heterocycles. The van der Waals surface area contributed by atoms with E-state index < -0.39 is 0 Å². The summed E-state index contributed by atoms with van der Waals surface area (Å²) < 4.78 is 0. The molecule has 0 bridgehead atoms. The fourth-order valence-corrected chi connectivity index (χ4v) is 2.04. The summed E-state index contributed by atoms with van der Waals surface area (Å²) in [6, 6.07) is 19.8. The first-order valence-corrected chi connectivity index (χ1v) is 7.13.